The van der Waals surface area contributed by atoms with Gasteiger partial charge in [-0.05, 0) is 19.1 Å². The highest BCUT2D eigenvalue weighted by Crippen LogP contribution is 2.20. The lowest BCUT2D eigenvalue weighted by atomic mass is 10.1. The van der Waals surface area contributed by atoms with Gasteiger partial charge in [0.1, 0.15) is 11.6 Å². The molecule has 0 aliphatic carbocycles. The van der Waals surface area contributed by atoms with Gasteiger partial charge in [0.05, 0.1) is 5.56 Å². The van der Waals surface area contributed by atoms with Crippen LogP contribution in [0.25, 0.3) is 0 Å². The predicted molar refractivity (Wildman–Crippen MR) is 74.1 cm³/mol. The second-order valence-corrected chi connectivity index (χ2v) is 5.07. The van der Waals surface area contributed by atoms with Gasteiger partial charge in [-0.3, -0.25) is 9.69 Å². The van der Waals surface area contributed by atoms with E-state index in [1.165, 1.54) is 12.1 Å². The zero-order valence-electron chi connectivity index (χ0n) is 11.6. The maximum Gasteiger partial charge on any atom is 0.257 e. The van der Waals surface area contributed by atoms with Crippen LogP contribution in [0.1, 0.15) is 17.3 Å². The molecule has 0 saturated carbocycles. The number of carbonyl (C=O) groups is 1. The average Bonchev–Trinajstić information content (AvgIpc) is 2.46. The van der Waals surface area contributed by atoms with Crippen molar-refractivity contribution in [3.05, 3.63) is 29.6 Å². The normalized spacial score (nSPS) is 18.1. The number of benzene rings is 1. The molecule has 5 nitrogen and oxygen atoms in total. The minimum atomic E-state index is -0.555. The molecular formula is C14H20FN3O2. The molecule has 1 atom stereocenters. The van der Waals surface area contributed by atoms with Crippen LogP contribution < -0.4 is 5.73 Å². The fourth-order valence-electron chi connectivity index (χ4n) is 2.37. The summed E-state index contributed by atoms with van der Waals surface area (Å²) in [6.07, 6.45) is 0. The van der Waals surface area contributed by atoms with Crippen molar-refractivity contribution in [1.82, 2.24) is 9.80 Å². The van der Waals surface area contributed by atoms with E-state index in [1.54, 1.807) is 4.90 Å². The van der Waals surface area contributed by atoms with Crippen LogP contribution >= 0.6 is 0 Å². The van der Waals surface area contributed by atoms with E-state index in [1.807, 2.05) is 0 Å². The molecule has 2 rings (SSSR count). The van der Waals surface area contributed by atoms with E-state index in [0.717, 1.165) is 19.2 Å². The molecular weight excluding hydrogens is 261 g/mol. The number of rotatable bonds is 3. The van der Waals surface area contributed by atoms with Crippen LogP contribution in [0.4, 0.5) is 4.39 Å². The van der Waals surface area contributed by atoms with Crippen molar-refractivity contribution in [2.24, 2.45) is 5.73 Å². The van der Waals surface area contributed by atoms with Crippen molar-refractivity contribution >= 4 is 5.91 Å². The minimum Gasteiger partial charge on any atom is -0.507 e. The Bertz CT molecular complexity index is 487. The number of hydrogen-bond acceptors (Lipinski definition) is 4. The Morgan fingerprint density at radius 2 is 2.05 bits per heavy atom. The summed E-state index contributed by atoms with van der Waals surface area (Å²) in [5, 5.41) is 9.66. The van der Waals surface area contributed by atoms with E-state index in [9.17, 15) is 14.3 Å². The number of hydrogen-bond donors (Lipinski definition) is 2. The van der Waals surface area contributed by atoms with Crippen molar-refractivity contribution in [2.45, 2.75) is 13.0 Å². The quantitative estimate of drug-likeness (QED) is 0.853. The number of carbonyl (C=O) groups excluding carboxylic acids is 1. The first kappa shape index (κ1) is 14.7. The fourth-order valence-corrected chi connectivity index (χ4v) is 2.37. The number of amides is 1. The van der Waals surface area contributed by atoms with Gasteiger partial charge in [-0.15, -0.1) is 0 Å². The van der Waals surface area contributed by atoms with E-state index in [-0.39, 0.29) is 17.2 Å². The average molecular weight is 281 g/mol. The summed E-state index contributed by atoms with van der Waals surface area (Å²) in [6, 6.07) is 3.76. The molecule has 1 aliphatic heterocycles. The highest BCUT2D eigenvalue weighted by Gasteiger charge is 2.25. The maximum absolute atomic E-state index is 12.9. The lowest BCUT2D eigenvalue weighted by Gasteiger charge is -2.37. The molecule has 1 fully saturated rings. The van der Waals surface area contributed by atoms with Crippen molar-refractivity contribution in [2.75, 3.05) is 32.7 Å². The van der Waals surface area contributed by atoms with Gasteiger partial charge < -0.3 is 15.7 Å². The van der Waals surface area contributed by atoms with Gasteiger partial charge in [0.25, 0.3) is 5.91 Å². The van der Waals surface area contributed by atoms with Crippen LogP contribution in [0.5, 0.6) is 5.75 Å². The molecule has 0 spiro atoms. The summed E-state index contributed by atoms with van der Waals surface area (Å²) in [6.45, 7) is 5.33. The predicted octanol–water partition coefficient (Wildman–Crippen LogP) is 0.636. The Balaban J connectivity index is 2.01. The third kappa shape index (κ3) is 3.08. The van der Waals surface area contributed by atoms with Gasteiger partial charge in [-0.25, -0.2) is 4.39 Å². The van der Waals surface area contributed by atoms with E-state index in [4.69, 9.17) is 5.73 Å². The molecule has 3 N–H and O–H groups in total. The Morgan fingerprint density at radius 1 is 1.40 bits per heavy atom. The lowest BCUT2D eigenvalue weighted by molar-refractivity contribution is 0.0586. The van der Waals surface area contributed by atoms with Crippen LogP contribution in [0.15, 0.2) is 18.2 Å². The number of nitrogens with two attached hydrogens (primary N) is 1. The number of phenols is 1. The molecule has 1 aliphatic rings. The molecule has 1 saturated heterocycles. The monoisotopic (exact) mass is 281 g/mol. The summed E-state index contributed by atoms with van der Waals surface area (Å²) in [4.78, 5) is 16.2. The smallest absolute Gasteiger partial charge is 0.257 e. The van der Waals surface area contributed by atoms with Crippen molar-refractivity contribution in [3.8, 4) is 5.75 Å². The van der Waals surface area contributed by atoms with Gasteiger partial charge >= 0.3 is 0 Å². The van der Waals surface area contributed by atoms with Crippen LogP contribution in [-0.4, -0.2) is 59.6 Å². The van der Waals surface area contributed by atoms with Gasteiger partial charge in [-0.2, -0.15) is 0 Å². The maximum atomic E-state index is 12.9. The van der Waals surface area contributed by atoms with Gasteiger partial charge in [0.2, 0.25) is 0 Å². The zero-order chi connectivity index (χ0) is 14.7. The first-order valence-electron chi connectivity index (χ1n) is 6.75. The Kier molecular flexibility index (Phi) is 4.57. The standard InChI is InChI=1S/C14H20FN3O2/c1-10(9-16)17-4-6-18(7-5-17)14(20)12-3-2-11(15)8-13(12)19/h2-3,8,10,19H,4-7,9,16H2,1H3. The van der Waals surface area contributed by atoms with Gasteiger partial charge in [0.15, 0.2) is 0 Å². The van der Waals surface area contributed by atoms with E-state index >= 15 is 0 Å². The Hall–Kier alpha value is -1.66. The van der Waals surface area contributed by atoms with Crippen LogP contribution in [0.3, 0.4) is 0 Å². The summed E-state index contributed by atoms with van der Waals surface area (Å²) in [7, 11) is 0. The molecule has 1 unspecified atom stereocenters. The number of nitrogens with zero attached hydrogens (tertiary/aromatic N) is 2. The first-order chi connectivity index (χ1) is 9.52. The Labute approximate surface area is 117 Å². The van der Waals surface area contributed by atoms with E-state index < -0.39 is 5.82 Å². The molecule has 0 radical (unpaired) electrons. The largest absolute Gasteiger partial charge is 0.507 e. The zero-order valence-corrected chi connectivity index (χ0v) is 11.6. The highest BCUT2D eigenvalue weighted by atomic mass is 19.1. The molecule has 1 heterocycles. The number of piperazine rings is 1. The number of halogens is 1. The topological polar surface area (TPSA) is 69.8 Å². The van der Waals surface area contributed by atoms with Crippen molar-refractivity contribution in [3.63, 3.8) is 0 Å². The SMILES string of the molecule is CC(CN)N1CCN(C(=O)c2ccc(F)cc2O)CC1. The molecule has 110 valence electrons. The molecule has 6 heteroatoms. The Morgan fingerprint density at radius 3 is 2.60 bits per heavy atom. The summed E-state index contributed by atoms with van der Waals surface area (Å²) in [5.41, 5.74) is 5.78. The summed E-state index contributed by atoms with van der Waals surface area (Å²) < 4.78 is 12.9. The van der Waals surface area contributed by atoms with Crippen LogP contribution in [0, 0.1) is 5.82 Å². The van der Waals surface area contributed by atoms with Crippen molar-refractivity contribution < 1.29 is 14.3 Å². The highest BCUT2D eigenvalue weighted by molar-refractivity contribution is 5.96. The third-order valence-electron chi connectivity index (χ3n) is 3.76. The number of aromatic hydroxyl groups is 1. The third-order valence-corrected chi connectivity index (χ3v) is 3.76. The second-order valence-electron chi connectivity index (χ2n) is 5.07. The lowest BCUT2D eigenvalue weighted by Crippen LogP contribution is -2.52. The van der Waals surface area contributed by atoms with E-state index in [0.29, 0.717) is 25.7 Å². The van der Waals surface area contributed by atoms with Gasteiger partial charge in [-0.1, -0.05) is 0 Å². The molecule has 20 heavy (non-hydrogen) atoms. The summed E-state index contributed by atoms with van der Waals surface area (Å²) in [5.74, 6) is -1.13. The fraction of sp³-hybridized carbons (Fsp3) is 0.500. The van der Waals surface area contributed by atoms with Crippen LogP contribution in [0.2, 0.25) is 0 Å². The molecule has 1 aromatic carbocycles. The van der Waals surface area contributed by atoms with E-state index in [2.05, 4.69) is 11.8 Å². The summed E-state index contributed by atoms with van der Waals surface area (Å²) >= 11 is 0. The second kappa shape index (κ2) is 6.19. The van der Waals surface area contributed by atoms with Gasteiger partial charge in [0, 0.05) is 44.8 Å². The molecule has 1 aromatic rings. The van der Waals surface area contributed by atoms with Crippen molar-refractivity contribution in [1.29, 1.82) is 0 Å². The molecule has 1 amide bonds. The molecule has 0 aromatic heterocycles. The first-order valence-corrected chi connectivity index (χ1v) is 6.75. The molecule has 0 bridgehead atoms. The number of phenolic OH excluding ortho intramolecular Hbond substituents is 1. The van der Waals surface area contributed by atoms with Crippen LogP contribution in [-0.2, 0) is 0 Å². The minimum absolute atomic E-state index is 0.145.